The number of carbonyl (C=O) groups is 1. The molecule has 106 valence electrons. The van der Waals surface area contributed by atoms with Crippen LogP contribution in [0.2, 0.25) is 5.02 Å². The zero-order valence-electron chi connectivity index (χ0n) is 11.1. The lowest BCUT2D eigenvalue weighted by molar-refractivity contribution is 0.0959. The highest BCUT2D eigenvalue weighted by Gasteiger charge is 2.16. The van der Waals surface area contributed by atoms with Crippen LogP contribution in [0.1, 0.15) is 21.5 Å². The van der Waals surface area contributed by atoms with Crippen molar-refractivity contribution in [1.82, 2.24) is 5.43 Å². The number of thiophene rings is 2. The normalized spacial score (nSPS) is 11.8. The molecule has 0 unspecified atom stereocenters. The summed E-state index contributed by atoms with van der Waals surface area (Å²) < 4.78 is 0.992. The summed E-state index contributed by atoms with van der Waals surface area (Å²) in [5, 5.41) is 7.48. The zero-order valence-corrected chi connectivity index (χ0v) is 13.5. The van der Waals surface area contributed by atoms with E-state index >= 15 is 0 Å². The molecule has 6 heteroatoms. The number of amides is 1. The highest BCUT2D eigenvalue weighted by molar-refractivity contribution is 7.21. The van der Waals surface area contributed by atoms with Gasteiger partial charge in [0.25, 0.3) is 5.91 Å². The van der Waals surface area contributed by atoms with Gasteiger partial charge >= 0.3 is 0 Å². The Hall–Kier alpha value is -1.69. The third kappa shape index (κ3) is 2.85. The summed E-state index contributed by atoms with van der Waals surface area (Å²) in [6.45, 7) is 1.86. The van der Waals surface area contributed by atoms with Crippen LogP contribution >= 0.6 is 34.3 Å². The minimum absolute atomic E-state index is 0.280. The molecule has 1 N–H and O–H groups in total. The predicted octanol–water partition coefficient (Wildman–Crippen LogP) is 4.77. The Morgan fingerprint density at radius 3 is 2.76 bits per heavy atom. The van der Waals surface area contributed by atoms with Gasteiger partial charge in [0.05, 0.1) is 10.7 Å². The van der Waals surface area contributed by atoms with Crippen molar-refractivity contribution in [2.75, 3.05) is 0 Å². The van der Waals surface area contributed by atoms with Crippen LogP contribution in [0.4, 0.5) is 0 Å². The van der Waals surface area contributed by atoms with Crippen LogP contribution in [-0.2, 0) is 0 Å². The predicted molar refractivity (Wildman–Crippen MR) is 90.8 cm³/mol. The van der Waals surface area contributed by atoms with Crippen molar-refractivity contribution in [2.24, 2.45) is 5.10 Å². The molecule has 0 radical (unpaired) electrons. The standard InChI is InChI=1S/C15H11ClN2OS2/c1-9(11-7-4-8-20-11)17-18-15(19)14-13(16)10-5-2-3-6-12(10)21-14/h2-8H,1H3,(H,18,19)/b17-9-. The molecular weight excluding hydrogens is 324 g/mol. The summed E-state index contributed by atoms with van der Waals surface area (Å²) >= 11 is 9.22. The number of halogens is 1. The Balaban J connectivity index is 1.84. The maximum Gasteiger partial charge on any atom is 0.283 e. The topological polar surface area (TPSA) is 41.5 Å². The van der Waals surface area contributed by atoms with E-state index in [4.69, 9.17) is 11.6 Å². The van der Waals surface area contributed by atoms with E-state index in [2.05, 4.69) is 10.5 Å². The lowest BCUT2D eigenvalue weighted by Crippen LogP contribution is -2.18. The van der Waals surface area contributed by atoms with Crippen molar-refractivity contribution >= 4 is 56.0 Å². The van der Waals surface area contributed by atoms with E-state index in [1.807, 2.05) is 48.7 Å². The molecule has 3 aromatic rings. The van der Waals surface area contributed by atoms with Crippen LogP contribution in [0.5, 0.6) is 0 Å². The van der Waals surface area contributed by atoms with Crippen LogP contribution in [0.15, 0.2) is 46.9 Å². The molecule has 0 atom stereocenters. The lowest BCUT2D eigenvalue weighted by atomic mass is 10.2. The number of fused-ring (bicyclic) bond motifs is 1. The summed E-state index contributed by atoms with van der Waals surface area (Å²) in [4.78, 5) is 13.7. The van der Waals surface area contributed by atoms with Gasteiger partial charge in [-0.2, -0.15) is 5.10 Å². The van der Waals surface area contributed by atoms with E-state index in [1.54, 1.807) is 11.3 Å². The van der Waals surface area contributed by atoms with E-state index in [0.717, 1.165) is 20.7 Å². The van der Waals surface area contributed by atoms with Crippen molar-refractivity contribution in [1.29, 1.82) is 0 Å². The number of nitrogens with zero attached hydrogens (tertiary/aromatic N) is 1. The van der Waals surface area contributed by atoms with E-state index in [0.29, 0.717) is 9.90 Å². The first-order valence-corrected chi connectivity index (χ1v) is 8.30. The van der Waals surface area contributed by atoms with Gasteiger partial charge in [-0.25, -0.2) is 5.43 Å². The molecule has 0 aliphatic heterocycles. The fraction of sp³-hybridized carbons (Fsp3) is 0.0667. The lowest BCUT2D eigenvalue weighted by Gasteiger charge is -1.99. The average Bonchev–Trinajstić information content (AvgIpc) is 3.13. The first kappa shape index (κ1) is 14.3. The SMILES string of the molecule is C/C(=N/NC(=O)c1sc2ccccc2c1Cl)c1cccs1. The van der Waals surface area contributed by atoms with Crippen LogP contribution in [0, 0.1) is 0 Å². The van der Waals surface area contributed by atoms with Gasteiger partial charge in [-0.05, 0) is 24.4 Å². The van der Waals surface area contributed by atoms with Crippen LogP contribution in [0.25, 0.3) is 10.1 Å². The molecule has 0 saturated carbocycles. The number of benzene rings is 1. The van der Waals surface area contributed by atoms with Gasteiger partial charge in [0.1, 0.15) is 4.88 Å². The Labute approximate surface area is 134 Å². The van der Waals surface area contributed by atoms with Crippen molar-refractivity contribution < 1.29 is 4.79 Å². The summed E-state index contributed by atoms with van der Waals surface area (Å²) in [6, 6.07) is 11.6. The number of hydrogen-bond donors (Lipinski definition) is 1. The van der Waals surface area contributed by atoms with Gasteiger partial charge in [0.2, 0.25) is 0 Å². The molecule has 1 aromatic carbocycles. The van der Waals surface area contributed by atoms with Crippen molar-refractivity contribution in [3.05, 3.63) is 56.6 Å². The average molecular weight is 335 g/mol. The zero-order chi connectivity index (χ0) is 14.8. The molecule has 3 rings (SSSR count). The van der Waals surface area contributed by atoms with E-state index in [1.165, 1.54) is 11.3 Å². The summed E-state index contributed by atoms with van der Waals surface area (Å²) in [7, 11) is 0. The molecule has 0 aliphatic rings. The van der Waals surface area contributed by atoms with Gasteiger partial charge in [0.15, 0.2) is 0 Å². The van der Waals surface area contributed by atoms with Gasteiger partial charge in [-0.1, -0.05) is 35.9 Å². The monoisotopic (exact) mass is 334 g/mol. The quantitative estimate of drug-likeness (QED) is 0.544. The highest BCUT2D eigenvalue weighted by atomic mass is 35.5. The molecule has 0 aliphatic carbocycles. The maximum absolute atomic E-state index is 12.2. The Morgan fingerprint density at radius 1 is 1.24 bits per heavy atom. The third-order valence-corrected chi connectivity index (χ3v) is 5.60. The number of hydrogen-bond acceptors (Lipinski definition) is 4. The van der Waals surface area contributed by atoms with Gasteiger partial charge in [-0.15, -0.1) is 22.7 Å². The van der Waals surface area contributed by atoms with Crippen molar-refractivity contribution in [2.45, 2.75) is 6.92 Å². The second kappa shape index (κ2) is 5.97. The molecule has 0 spiro atoms. The van der Waals surface area contributed by atoms with Crippen LogP contribution in [0.3, 0.4) is 0 Å². The molecule has 0 saturated heterocycles. The van der Waals surface area contributed by atoms with Gasteiger partial charge < -0.3 is 0 Å². The molecule has 3 nitrogen and oxygen atoms in total. The van der Waals surface area contributed by atoms with Gasteiger partial charge in [0, 0.05) is 15.0 Å². The first-order chi connectivity index (χ1) is 10.2. The van der Waals surface area contributed by atoms with E-state index in [-0.39, 0.29) is 5.91 Å². The maximum atomic E-state index is 12.2. The molecular formula is C15H11ClN2OS2. The molecule has 0 bridgehead atoms. The van der Waals surface area contributed by atoms with Gasteiger partial charge in [-0.3, -0.25) is 4.79 Å². The molecule has 2 heterocycles. The second-order valence-electron chi connectivity index (χ2n) is 4.36. The molecule has 1 amide bonds. The van der Waals surface area contributed by atoms with Crippen molar-refractivity contribution in [3.8, 4) is 0 Å². The first-order valence-electron chi connectivity index (χ1n) is 6.22. The smallest absolute Gasteiger partial charge is 0.266 e. The fourth-order valence-corrected chi connectivity index (χ4v) is 3.97. The third-order valence-electron chi connectivity index (χ3n) is 2.94. The minimum atomic E-state index is -0.280. The summed E-state index contributed by atoms with van der Waals surface area (Å²) in [5.74, 6) is -0.280. The van der Waals surface area contributed by atoms with Crippen molar-refractivity contribution in [3.63, 3.8) is 0 Å². The largest absolute Gasteiger partial charge is 0.283 e. The number of carbonyl (C=O) groups excluding carboxylic acids is 1. The second-order valence-corrected chi connectivity index (χ2v) is 6.73. The fourth-order valence-electron chi connectivity index (χ4n) is 1.88. The Morgan fingerprint density at radius 2 is 2.05 bits per heavy atom. The number of rotatable bonds is 3. The number of nitrogens with one attached hydrogen (secondary N) is 1. The molecule has 2 aromatic heterocycles. The minimum Gasteiger partial charge on any atom is -0.266 e. The van der Waals surface area contributed by atoms with E-state index < -0.39 is 0 Å². The van der Waals surface area contributed by atoms with E-state index in [9.17, 15) is 4.79 Å². The Kier molecular flexibility index (Phi) is 4.05. The summed E-state index contributed by atoms with van der Waals surface area (Å²) in [5.41, 5.74) is 3.34. The van der Waals surface area contributed by atoms with Crippen LogP contribution < -0.4 is 5.43 Å². The number of hydrazone groups is 1. The van der Waals surface area contributed by atoms with Crippen LogP contribution in [-0.4, -0.2) is 11.6 Å². The highest BCUT2D eigenvalue weighted by Crippen LogP contribution is 2.34. The molecule has 0 fully saturated rings. The molecule has 21 heavy (non-hydrogen) atoms. The Bertz CT molecular complexity index is 821. The summed E-state index contributed by atoms with van der Waals surface area (Å²) in [6.07, 6.45) is 0.